The highest BCUT2D eigenvalue weighted by Gasteiger charge is 2.25. The number of fused-ring (bicyclic) bond motifs is 1. The number of hydrogen-bond acceptors (Lipinski definition) is 7. The van der Waals surface area contributed by atoms with Crippen LogP contribution in [0.3, 0.4) is 0 Å². The minimum absolute atomic E-state index is 0.124. The van der Waals surface area contributed by atoms with Gasteiger partial charge in [-0.1, -0.05) is 47.6 Å². The monoisotopic (exact) mass is 535 g/mol. The van der Waals surface area contributed by atoms with Crippen LogP contribution in [-0.2, 0) is 13.0 Å². The van der Waals surface area contributed by atoms with Gasteiger partial charge < -0.3 is 18.7 Å². The molecule has 3 aromatic heterocycles. The second-order valence-corrected chi connectivity index (χ2v) is 10.3. The normalized spacial score (nSPS) is 14.5. The number of aryl methyl sites for hydroxylation is 1. The van der Waals surface area contributed by atoms with Gasteiger partial charge in [-0.25, -0.2) is 0 Å². The first kappa shape index (κ1) is 26.0. The third-order valence-electron chi connectivity index (χ3n) is 7.78. The van der Waals surface area contributed by atoms with Crippen LogP contribution in [0, 0.1) is 0 Å². The molecule has 2 aromatic carbocycles. The van der Waals surface area contributed by atoms with Crippen molar-refractivity contribution in [1.29, 1.82) is 0 Å². The lowest BCUT2D eigenvalue weighted by molar-refractivity contribution is 0.0994. The summed E-state index contributed by atoms with van der Waals surface area (Å²) in [7, 11) is 1.69. The molecule has 40 heavy (non-hydrogen) atoms. The van der Waals surface area contributed by atoms with E-state index in [1.807, 2.05) is 66.9 Å². The van der Waals surface area contributed by atoms with Gasteiger partial charge in [-0.2, -0.15) is 4.98 Å². The zero-order chi connectivity index (χ0) is 27.3. The maximum absolute atomic E-state index is 13.3. The first-order chi connectivity index (χ1) is 19.7. The molecule has 0 amide bonds. The number of piperidine rings is 1. The van der Waals surface area contributed by atoms with Crippen molar-refractivity contribution in [1.82, 2.24) is 24.6 Å². The van der Waals surface area contributed by atoms with Crippen LogP contribution in [0.15, 0.2) is 83.8 Å². The van der Waals surface area contributed by atoms with E-state index < -0.39 is 0 Å². The summed E-state index contributed by atoms with van der Waals surface area (Å²) in [6.45, 7) is 3.79. The average molecular weight is 536 g/mol. The number of rotatable bonds is 10. The summed E-state index contributed by atoms with van der Waals surface area (Å²) in [5.41, 5.74) is 3.68. The molecule has 0 aliphatic carbocycles. The topological polar surface area (TPSA) is 86.3 Å². The quantitative estimate of drug-likeness (QED) is 0.209. The Labute approximate surface area is 233 Å². The van der Waals surface area contributed by atoms with Crippen molar-refractivity contribution >= 4 is 16.7 Å². The lowest BCUT2D eigenvalue weighted by Crippen LogP contribution is -2.34. The smallest absolute Gasteiger partial charge is 0.230 e. The van der Waals surface area contributed by atoms with Crippen molar-refractivity contribution in [3.05, 3.63) is 96.3 Å². The SMILES string of the molecule is COc1cccc2c(C(=O)Cc3ccccc3)cn(CCCN3CCC(c4nc(-c5ccncc5)no4)CC3)c12. The molecule has 0 unspecified atom stereocenters. The number of ketones is 1. The first-order valence-corrected chi connectivity index (χ1v) is 13.9. The molecular formula is C32H33N5O3. The second kappa shape index (κ2) is 11.8. The minimum atomic E-state index is 0.124. The summed E-state index contributed by atoms with van der Waals surface area (Å²) in [5.74, 6) is 2.55. The third kappa shape index (κ3) is 5.53. The van der Waals surface area contributed by atoms with Crippen molar-refractivity contribution in [3.8, 4) is 17.1 Å². The predicted octanol–water partition coefficient (Wildman–Crippen LogP) is 5.79. The van der Waals surface area contributed by atoms with Crippen LogP contribution in [0.5, 0.6) is 5.75 Å². The van der Waals surface area contributed by atoms with E-state index >= 15 is 0 Å². The zero-order valence-electron chi connectivity index (χ0n) is 22.7. The van der Waals surface area contributed by atoms with Gasteiger partial charge in [0.15, 0.2) is 5.78 Å². The van der Waals surface area contributed by atoms with Crippen molar-refractivity contribution in [3.63, 3.8) is 0 Å². The number of pyridine rings is 1. The fraction of sp³-hybridized carbons (Fsp3) is 0.312. The van der Waals surface area contributed by atoms with Gasteiger partial charge in [0.05, 0.1) is 12.6 Å². The van der Waals surface area contributed by atoms with Gasteiger partial charge in [-0.05, 0) is 62.7 Å². The molecule has 1 fully saturated rings. The summed E-state index contributed by atoms with van der Waals surface area (Å²) in [6.07, 6.45) is 8.84. The Bertz CT molecular complexity index is 1570. The lowest BCUT2D eigenvalue weighted by atomic mass is 9.96. The number of Topliss-reactive ketones (excluding diaryl/α,β-unsaturated/α-hetero) is 1. The van der Waals surface area contributed by atoms with Crippen LogP contribution in [0.25, 0.3) is 22.3 Å². The Balaban J connectivity index is 1.08. The molecule has 0 N–H and O–H groups in total. The highest BCUT2D eigenvalue weighted by atomic mass is 16.5. The van der Waals surface area contributed by atoms with Crippen LogP contribution >= 0.6 is 0 Å². The van der Waals surface area contributed by atoms with Gasteiger partial charge in [0.25, 0.3) is 0 Å². The number of aromatic nitrogens is 4. The van der Waals surface area contributed by atoms with Gasteiger partial charge in [0.2, 0.25) is 11.7 Å². The molecule has 0 atom stereocenters. The zero-order valence-corrected chi connectivity index (χ0v) is 22.7. The number of likely N-dealkylation sites (tertiary alicyclic amines) is 1. The van der Waals surface area contributed by atoms with E-state index in [1.54, 1.807) is 19.5 Å². The van der Waals surface area contributed by atoms with Gasteiger partial charge in [-0.15, -0.1) is 0 Å². The number of para-hydroxylation sites is 1. The van der Waals surface area contributed by atoms with E-state index in [4.69, 9.17) is 9.26 Å². The summed E-state index contributed by atoms with van der Waals surface area (Å²) >= 11 is 0. The van der Waals surface area contributed by atoms with Crippen molar-refractivity contribution in [2.24, 2.45) is 0 Å². The van der Waals surface area contributed by atoms with Crippen LogP contribution in [0.4, 0.5) is 0 Å². The van der Waals surface area contributed by atoms with Crippen molar-refractivity contribution in [2.75, 3.05) is 26.7 Å². The molecule has 0 spiro atoms. The lowest BCUT2D eigenvalue weighted by Gasteiger charge is -2.30. The van der Waals surface area contributed by atoms with E-state index in [9.17, 15) is 4.79 Å². The molecule has 5 aromatic rings. The summed E-state index contributed by atoms with van der Waals surface area (Å²) in [4.78, 5) is 24.5. The molecule has 0 bridgehead atoms. The molecule has 4 heterocycles. The summed E-state index contributed by atoms with van der Waals surface area (Å²) < 4.78 is 13.5. The number of ether oxygens (including phenoxy) is 1. The first-order valence-electron chi connectivity index (χ1n) is 13.9. The van der Waals surface area contributed by atoms with Gasteiger partial charge in [0.1, 0.15) is 5.75 Å². The van der Waals surface area contributed by atoms with E-state index in [1.165, 1.54) is 0 Å². The predicted molar refractivity (Wildman–Crippen MR) is 154 cm³/mol. The number of hydrogen-bond donors (Lipinski definition) is 0. The number of nitrogens with zero attached hydrogens (tertiary/aromatic N) is 5. The molecule has 8 nitrogen and oxygen atoms in total. The molecule has 1 saturated heterocycles. The Morgan fingerprint density at radius 2 is 1.80 bits per heavy atom. The molecule has 1 aliphatic heterocycles. The van der Waals surface area contributed by atoms with E-state index in [0.717, 1.165) is 84.7 Å². The fourth-order valence-corrected chi connectivity index (χ4v) is 5.65. The largest absolute Gasteiger partial charge is 0.495 e. The average Bonchev–Trinajstić information content (AvgIpc) is 3.65. The van der Waals surface area contributed by atoms with E-state index in [-0.39, 0.29) is 11.7 Å². The Kier molecular flexibility index (Phi) is 7.68. The summed E-state index contributed by atoms with van der Waals surface area (Å²) in [5, 5.41) is 5.13. The molecule has 6 rings (SSSR count). The van der Waals surface area contributed by atoms with Gasteiger partial charge in [0, 0.05) is 54.0 Å². The maximum atomic E-state index is 13.3. The Hall–Kier alpha value is -4.30. The molecule has 0 radical (unpaired) electrons. The van der Waals surface area contributed by atoms with Crippen LogP contribution in [-0.4, -0.2) is 57.1 Å². The molecule has 204 valence electrons. The van der Waals surface area contributed by atoms with Crippen LogP contribution < -0.4 is 4.74 Å². The molecular weight excluding hydrogens is 502 g/mol. The number of benzene rings is 2. The molecule has 0 saturated carbocycles. The summed E-state index contributed by atoms with van der Waals surface area (Å²) in [6, 6.07) is 19.6. The van der Waals surface area contributed by atoms with Gasteiger partial charge in [-0.3, -0.25) is 9.78 Å². The molecule has 1 aliphatic rings. The number of carbonyl (C=O) groups excluding carboxylic acids is 1. The Morgan fingerprint density at radius 1 is 1.00 bits per heavy atom. The third-order valence-corrected chi connectivity index (χ3v) is 7.78. The van der Waals surface area contributed by atoms with Crippen molar-refractivity contribution in [2.45, 2.75) is 38.1 Å². The van der Waals surface area contributed by atoms with Gasteiger partial charge >= 0.3 is 0 Å². The Morgan fingerprint density at radius 3 is 2.58 bits per heavy atom. The van der Waals surface area contributed by atoms with E-state index in [0.29, 0.717) is 12.2 Å². The molecule has 8 heteroatoms. The highest BCUT2D eigenvalue weighted by molar-refractivity contribution is 6.10. The highest BCUT2D eigenvalue weighted by Crippen LogP contribution is 2.32. The minimum Gasteiger partial charge on any atom is -0.495 e. The van der Waals surface area contributed by atoms with E-state index in [2.05, 4.69) is 24.6 Å². The van der Waals surface area contributed by atoms with Crippen molar-refractivity contribution < 1.29 is 14.1 Å². The van der Waals surface area contributed by atoms with Crippen LogP contribution in [0.2, 0.25) is 0 Å². The fourth-order valence-electron chi connectivity index (χ4n) is 5.65. The van der Waals surface area contributed by atoms with Crippen LogP contribution in [0.1, 0.15) is 47.0 Å². The number of carbonyl (C=O) groups is 1. The number of methoxy groups -OCH3 is 1. The second-order valence-electron chi connectivity index (χ2n) is 10.3. The standard InChI is InChI=1S/C32H33N5O3/c1-39-29-10-5-9-26-27(28(38)21-23-7-3-2-4-8-23)22-37(30(26)29)18-6-17-36-19-13-25(14-20-36)32-34-31(35-40-32)24-11-15-33-16-12-24/h2-5,7-12,15-16,22,25H,6,13-14,17-21H2,1H3. The maximum Gasteiger partial charge on any atom is 0.230 e.